The zero-order valence-electron chi connectivity index (χ0n) is 13.2. The van der Waals surface area contributed by atoms with Crippen LogP contribution in [0.5, 0.6) is 0 Å². The van der Waals surface area contributed by atoms with Gasteiger partial charge in [0.25, 0.3) is 0 Å². The highest BCUT2D eigenvalue weighted by atomic mass is 32.2. The van der Waals surface area contributed by atoms with Crippen LogP contribution in [0, 0.1) is 5.82 Å². The van der Waals surface area contributed by atoms with Crippen molar-refractivity contribution in [2.24, 2.45) is 0 Å². The zero-order valence-corrected chi connectivity index (χ0v) is 14.9. The van der Waals surface area contributed by atoms with Gasteiger partial charge in [0.2, 0.25) is 5.91 Å². The summed E-state index contributed by atoms with van der Waals surface area (Å²) in [6, 6.07) is 5.73. The van der Waals surface area contributed by atoms with Crippen molar-refractivity contribution in [1.29, 1.82) is 0 Å². The summed E-state index contributed by atoms with van der Waals surface area (Å²) in [5, 5.41) is 4.03. The van der Waals surface area contributed by atoms with Gasteiger partial charge in [-0.25, -0.2) is 9.37 Å². The molecule has 1 N–H and O–H groups in total. The Hall–Kier alpha value is -1.93. The number of carbonyl (C=O) groups is 2. The van der Waals surface area contributed by atoms with Gasteiger partial charge >= 0.3 is 5.97 Å². The summed E-state index contributed by atoms with van der Waals surface area (Å²) in [6.07, 6.45) is 0.120. The van der Waals surface area contributed by atoms with Gasteiger partial charge in [-0.15, -0.1) is 11.3 Å². The molecule has 1 aromatic carbocycles. The Morgan fingerprint density at radius 1 is 1.46 bits per heavy atom. The number of rotatable bonds is 7. The second kappa shape index (κ2) is 8.79. The van der Waals surface area contributed by atoms with Crippen LogP contribution in [-0.2, 0) is 20.7 Å². The van der Waals surface area contributed by atoms with E-state index in [2.05, 4.69) is 10.3 Å². The summed E-state index contributed by atoms with van der Waals surface area (Å²) >= 11 is 2.65. The van der Waals surface area contributed by atoms with Gasteiger partial charge in [-0.2, -0.15) is 0 Å². The van der Waals surface area contributed by atoms with Crippen molar-refractivity contribution in [2.75, 3.05) is 11.9 Å². The molecule has 0 radical (unpaired) electrons. The van der Waals surface area contributed by atoms with Crippen molar-refractivity contribution >= 4 is 40.7 Å². The van der Waals surface area contributed by atoms with E-state index in [-0.39, 0.29) is 18.3 Å². The van der Waals surface area contributed by atoms with E-state index in [0.29, 0.717) is 22.3 Å². The minimum Gasteiger partial charge on any atom is -0.466 e. The van der Waals surface area contributed by atoms with Crippen molar-refractivity contribution in [1.82, 2.24) is 4.98 Å². The maximum absolute atomic E-state index is 13.1. The number of amides is 1. The molecule has 1 aromatic heterocycles. The Balaban J connectivity index is 1.89. The van der Waals surface area contributed by atoms with E-state index in [1.165, 1.54) is 41.3 Å². The molecule has 0 aliphatic heterocycles. The number of hydrogen-bond acceptors (Lipinski definition) is 6. The lowest BCUT2D eigenvalue weighted by Gasteiger charge is -2.10. The third kappa shape index (κ3) is 5.61. The molecule has 2 rings (SSSR count). The lowest BCUT2D eigenvalue weighted by Crippen LogP contribution is -2.22. The van der Waals surface area contributed by atoms with Crippen LogP contribution in [0.3, 0.4) is 0 Å². The van der Waals surface area contributed by atoms with Crippen LogP contribution in [-0.4, -0.2) is 28.7 Å². The maximum Gasteiger partial charge on any atom is 0.311 e. The number of aromatic nitrogens is 1. The van der Waals surface area contributed by atoms with Gasteiger partial charge in [0.1, 0.15) is 5.82 Å². The molecule has 0 saturated heterocycles. The molecule has 8 heteroatoms. The Kier molecular flexibility index (Phi) is 6.74. The highest BCUT2D eigenvalue weighted by Gasteiger charge is 2.17. The molecule has 2 aromatic rings. The number of nitrogens with one attached hydrogen (secondary N) is 1. The number of ether oxygens (including phenoxy) is 1. The van der Waals surface area contributed by atoms with Crippen LogP contribution in [0.1, 0.15) is 19.5 Å². The molecule has 0 aliphatic rings. The van der Waals surface area contributed by atoms with Crippen LogP contribution in [0.25, 0.3) is 0 Å². The van der Waals surface area contributed by atoms with Crippen molar-refractivity contribution in [3.63, 3.8) is 0 Å². The van der Waals surface area contributed by atoms with Crippen LogP contribution in [0.2, 0.25) is 0 Å². The number of carbonyl (C=O) groups excluding carboxylic acids is 2. The fraction of sp³-hybridized carbons (Fsp3) is 0.312. The van der Waals surface area contributed by atoms with Crippen LogP contribution in [0.4, 0.5) is 10.1 Å². The fourth-order valence-corrected chi connectivity index (χ4v) is 3.78. The summed E-state index contributed by atoms with van der Waals surface area (Å²) in [5.41, 5.74) is 1.04. The van der Waals surface area contributed by atoms with Gasteiger partial charge in [-0.1, -0.05) is 17.8 Å². The van der Waals surface area contributed by atoms with E-state index in [4.69, 9.17) is 4.74 Å². The Morgan fingerprint density at radius 2 is 2.25 bits per heavy atom. The lowest BCUT2D eigenvalue weighted by atomic mass is 10.3. The van der Waals surface area contributed by atoms with Crippen LogP contribution >= 0.6 is 23.1 Å². The summed E-state index contributed by atoms with van der Waals surface area (Å²) in [7, 11) is 0. The first-order valence-electron chi connectivity index (χ1n) is 7.31. The molecule has 5 nitrogen and oxygen atoms in total. The van der Waals surface area contributed by atoms with Crippen molar-refractivity contribution in [3.8, 4) is 0 Å². The van der Waals surface area contributed by atoms with E-state index >= 15 is 0 Å². The molecular weight excluding hydrogens is 351 g/mol. The van der Waals surface area contributed by atoms with Gasteiger partial charge in [-0.05, 0) is 32.0 Å². The molecule has 24 heavy (non-hydrogen) atoms. The van der Waals surface area contributed by atoms with Gasteiger partial charge in [0, 0.05) is 11.1 Å². The molecule has 0 aliphatic carbocycles. The molecule has 0 bridgehead atoms. The second-order valence-electron chi connectivity index (χ2n) is 4.85. The van der Waals surface area contributed by atoms with Gasteiger partial charge in [0.15, 0.2) is 4.34 Å². The molecular formula is C16H17FN2O3S2. The number of anilines is 1. The highest BCUT2D eigenvalue weighted by molar-refractivity contribution is 8.02. The quantitative estimate of drug-likeness (QED) is 0.598. The largest absolute Gasteiger partial charge is 0.466 e. The van der Waals surface area contributed by atoms with E-state index in [0.717, 1.165) is 0 Å². The number of thioether (sulfide) groups is 1. The normalized spacial score (nSPS) is 11.8. The second-order valence-corrected chi connectivity index (χ2v) is 7.29. The average molecular weight is 368 g/mol. The smallest absolute Gasteiger partial charge is 0.311 e. The van der Waals surface area contributed by atoms with E-state index in [9.17, 15) is 14.0 Å². The van der Waals surface area contributed by atoms with Crippen LogP contribution < -0.4 is 5.32 Å². The number of nitrogens with zero attached hydrogens (tertiary/aromatic N) is 1. The molecule has 1 heterocycles. The van der Waals surface area contributed by atoms with E-state index < -0.39 is 11.1 Å². The van der Waals surface area contributed by atoms with Gasteiger partial charge in [0.05, 0.1) is 24.0 Å². The summed E-state index contributed by atoms with van der Waals surface area (Å²) in [6.45, 7) is 3.83. The third-order valence-electron chi connectivity index (χ3n) is 2.90. The molecule has 0 spiro atoms. The standard InChI is InChI=1S/C16H17FN2O3S2/c1-3-22-14(20)8-13-9-23-16(19-13)24-10(2)15(21)18-12-6-4-5-11(17)7-12/h4-7,9-10H,3,8H2,1-2H3,(H,18,21)/t10-/m1/s1. The SMILES string of the molecule is CCOC(=O)Cc1csc(S[C@H](C)C(=O)Nc2cccc(F)c2)n1. The first-order chi connectivity index (χ1) is 11.5. The maximum atomic E-state index is 13.1. The van der Waals surface area contributed by atoms with Crippen LogP contribution in [0.15, 0.2) is 34.0 Å². The molecule has 0 unspecified atom stereocenters. The van der Waals surface area contributed by atoms with Gasteiger partial charge in [-0.3, -0.25) is 9.59 Å². The fourth-order valence-electron chi connectivity index (χ4n) is 1.80. The summed E-state index contributed by atoms with van der Waals surface area (Å²) in [4.78, 5) is 27.9. The predicted octanol–water partition coefficient (Wildman–Crippen LogP) is 3.51. The molecule has 0 fully saturated rings. The minimum absolute atomic E-state index is 0.120. The van der Waals surface area contributed by atoms with Crippen molar-refractivity contribution in [2.45, 2.75) is 29.9 Å². The molecule has 1 amide bonds. The van der Waals surface area contributed by atoms with Gasteiger partial charge < -0.3 is 10.1 Å². The van der Waals surface area contributed by atoms with Crippen molar-refractivity contribution in [3.05, 3.63) is 41.2 Å². The lowest BCUT2D eigenvalue weighted by molar-refractivity contribution is -0.142. The first-order valence-corrected chi connectivity index (χ1v) is 9.07. The Bertz CT molecular complexity index is 721. The average Bonchev–Trinajstić information content (AvgIpc) is 2.94. The minimum atomic E-state index is -0.408. The number of hydrogen-bond donors (Lipinski definition) is 1. The zero-order chi connectivity index (χ0) is 17.5. The third-order valence-corrected chi connectivity index (χ3v) is 5.02. The Labute approximate surface area is 147 Å². The summed E-state index contributed by atoms with van der Waals surface area (Å²) < 4.78 is 18.7. The highest BCUT2D eigenvalue weighted by Crippen LogP contribution is 2.27. The molecule has 0 saturated carbocycles. The number of thiazole rings is 1. The summed E-state index contributed by atoms with van der Waals surface area (Å²) in [5.74, 6) is -0.972. The number of benzene rings is 1. The first kappa shape index (κ1) is 18.4. The monoisotopic (exact) mass is 368 g/mol. The van der Waals surface area contributed by atoms with E-state index in [1.807, 2.05) is 0 Å². The number of halogens is 1. The number of esters is 1. The predicted molar refractivity (Wildman–Crippen MR) is 92.8 cm³/mol. The Morgan fingerprint density at radius 3 is 2.96 bits per heavy atom. The van der Waals surface area contributed by atoms with E-state index in [1.54, 1.807) is 25.3 Å². The van der Waals surface area contributed by atoms with Crippen molar-refractivity contribution < 1.29 is 18.7 Å². The molecule has 128 valence electrons. The topological polar surface area (TPSA) is 68.3 Å². The molecule has 1 atom stereocenters.